The van der Waals surface area contributed by atoms with Crippen molar-refractivity contribution in [1.29, 1.82) is 0 Å². The van der Waals surface area contributed by atoms with E-state index >= 15 is 0 Å². The van der Waals surface area contributed by atoms with Crippen molar-refractivity contribution in [3.05, 3.63) is 100 Å². The Hall–Kier alpha value is -3.64. The van der Waals surface area contributed by atoms with Crippen LogP contribution in [0.25, 0.3) is 11.5 Å². The van der Waals surface area contributed by atoms with E-state index in [-0.39, 0.29) is 17.9 Å². The third-order valence-electron chi connectivity index (χ3n) is 5.64. The molecule has 4 rings (SSSR count). The zero-order chi connectivity index (χ0) is 25.0. The van der Waals surface area contributed by atoms with Gasteiger partial charge in [0.05, 0.1) is 6.54 Å². The van der Waals surface area contributed by atoms with E-state index in [0.717, 1.165) is 11.1 Å². The highest BCUT2D eigenvalue weighted by molar-refractivity contribution is 6.31. The van der Waals surface area contributed by atoms with Crippen LogP contribution in [0.2, 0.25) is 5.02 Å². The molecular weight excluding hydrogens is 462 g/mol. The summed E-state index contributed by atoms with van der Waals surface area (Å²) in [5.74, 6) is 1.30. The molecule has 7 heteroatoms. The van der Waals surface area contributed by atoms with Gasteiger partial charge in [-0.15, -0.1) is 10.2 Å². The first-order valence-electron chi connectivity index (χ1n) is 11.4. The molecule has 0 radical (unpaired) electrons. The minimum absolute atomic E-state index is 0.0710. The first-order valence-corrected chi connectivity index (χ1v) is 11.7. The van der Waals surface area contributed by atoms with Gasteiger partial charge in [0.1, 0.15) is 12.4 Å². The van der Waals surface area contributed by atoms with E-state index in [1.807, 2.05) is 36.4 Å². The highest BCUT2D eigenvalue weighted by Gasteiger charge is 2.18. The summed E-state index contributed by atoms with van der Waals surface area (Å²) in [6.45, 7) is 7.06. The van der Waals surface area contributed by atoms with Crippen LogP contribution in [0.1, 0.15) is 48.1 Å². The van der Waals surface area contributed by atoms with Gasteiger partial charge in [0.25, 0.3) is 5.91 Å². The summed E-state index contributed by atoms with van der Waals surface area (Å²) >= 11 is 6.17. The number of carbonyl (C=O) groups excluding carboxylic acids is 1. The normalized spacial score (nSPS) is 11.3. The Morgan fingerprint density at radius 2 is 1.66 bits per heavy atom. The molecule has 0 fully saturated rings. The third kappa shape index (κ3) is 6.08. The molecule has 0 aliphatic rings. The summed E-state index contributed by atoms with van der Waals surface area (Å²) in [6, 6.07) is 22.6. The average Bonchev–Trinajstić information content (AvgIpc) is 3.31. The quantitative estimate of drug-likeness (QED) is 0.295. The molecule has 6 nitrogen and oxygen atoms in total. The Morgan fingerprint density at radius 1 is 0.971 bits per heavy atom. The molecule has 1 amide bonds. The number of nitrogens with zero attached hydrogens (tertiary/aromatic N) is 3. The Morgan fingerprint density at radius 3 is 2.31 bits per heavy atom. The van der Waals surface area contributed by atoms with Crippen LogP contribution in [-0.2, 0) is 18.6 Å². The van der Waals surface area contributed by atoms with E-state index in [1.165, 1.54) is 5.56 Å². The van der Waals surface area contributed by atoms with Gasteiger partial charge in [-0.05, 0) is 53.4 Å². The second-order valence-corrected chi connectivity index (χ2v) is 9.80. The second kappa shape index (κ2) is 10.3. The zero-order valence-corrected chi connectivity index (χ0v) is 21.0. The number of halogens is 1. The van der Waals surface area contributed by atoms with Gasteiger partial charge in [-0.1, -0.05) is 62.7 Å². The summed E-state index contributed by atoms with van der Waals surface area (Å²) in [7, 11) is 1.70. The van der Waals surface area contributed by atoms with Crippen LogP contribution in [-0.4, -0.2) is 28.1 Å². The van der Waals surface area contributed by atoms with Crippen molar-refractivity contribution in [2.24, 2.45) is 0 Å². The molecular formula is C28H28ClN3O3. The molecule has 0 saturated carbocycles. The Kier molecular flexibility index (Phi) is 7.22. The van der Waals surface area contributed by atoms with Gasteiger partial charge >= 0.3 is 0 Å². The molecule has 0 bridgehead atoms. The molecule has 35 heavy (non-hydrogen) atoms. The lowest BCUT2D eigenvalue weighted by atomic mass is 9.87. The van der Waals surface area contributed by atoms with Crippen molar-refractivity contribution in [2.45, 2.75) is 39.3 Å². The standard InChI is InChI=1S/C28H28ClN3O3/c1-28(2,3)22-13-9-19(10-14-22)26-31-30-25(35-26)17-32(4)27(33)20-11-15-23(16-12-20)34-18-21-7-5-6-8-24(21)29/h5-16H,17-18H2,1-4H3. The van der Waals surface area contributed by atoms with Crippen LogP contribution in [0.3, 0.4) is 0 Å². The molecule has 3 aromatic carbocycles. The minimum Gasteiger partial charge on any atom is -0.489 e. The Bertz CT molecular complexity index is 1290. The van der Waals surface area contributed by atoms with E-state index in [0.29, 0.717) is 34.7 Å². The van der Waals surface area contributed by atoms with E-state index in [9.17, 15) is 4.79 Å². The lowest BCUT2D eigenvalue weighted by Gasteiger charge is -2.18. The monoisotopic (exact) mass is 489 g/mol. The predicted octanol–water partition coefficient (Wildman–Crippen LogP) is 6.54. The van der Waals surface area contributed by atoms with Gasteiger partial charge < -0.3 is 14.1 Å². The van der Waals surface area contributed by atoms with E-state index in [4.69, 9.17) is 20.8 Å². The molecule has 0 saturated heterocycles. The molecule has 0 aliphatic carbocycles. The number of benzene rings is 3. The number of amides is 1. The predicted molar refractivity (Wildman–Crippen MR) is 136 cm³/mol. The van der Waals surface area contributed by atoms with Gasteiger partial charge in [0.15, 0.2) is 0 Å². The Balaban J connectivity index is 1.35. The van der Waals surface area contributed by atoms with Gasteiger partial charge in [-0.3, -0.25) is 4.79 Å². The van der Waals surface area contributed by atoms with Crippen molar-refractivity contribution in [3.8, 4) is 17.2 Å². The van der Waals surface area contributed by atoms with Crippen molar-refractivity contribution >= 4 is 17.5 Å². The number of carbonyl (C=O) groups is 1. The molecule has 0 aliphatic heterocycles. The average molecular weight is 490 g/mol. The lowest BCUT2D eigenvalue weighted by Crippen LogP contribution is -2.26. The number of hydrogen-bond donors (Lipinski definition) is 0. The minimum atomic E-state index is -0.156. The fourth-order valence-corrected chi connectivity index (χ4v) is 3.70. The van der Waals surface area contributed by atoms with E-state index in [2.05, 4.69) is 43.1 Å². The van der Waals surface area contributed by atoms with Gasteiger partial charge in [0.2, 0.25) is 11.8 Å². The molecule has 1 aromatic heterocycles. The largest absolute Gasteiger partial charge is 0.489 e. The van der Waals surface area contributed by atoms with Crippen LogP contribution in [0.5, 0.6) is 5.75 Å². The molecule has 180 valence electrons. The number of ether oxygens (including phenoxy) is 1. The number of aromatic nitrogens is 2. The summed E-state index contributed by atoms with van der Waals surface area (Å²) in [5, 5.41) is 8.92. The maximum Gasteiger partial charge on any atom is 0.254 e. The van der Waals surface area contributed by atoms with Crippen molar-refractivity contribution in [1.82, 2.24) is 15.1 Å². The van der Waals surface area contributed by atoms with Crippen LogP contribution in [0, 0.1) is 0 Å². The summed E-state index contributed by atoms with van der Waals surface area (Å²) in [5.41, 5.74) is 3.58. The maximum absolute atomic E-state index is 12.9. The smallest absolute Gasteiger partial charge is 0.254 e. The molecule has 1 heterocycles. The highest BCUT2D eigenvalue weighted by atomic mass is 35.5. The second-order valence-electron chi connectivity index (χ2n) is 9.39. The van der Waals surface area contributed by atoms with E-state index < -0.39 is 0 Å². The van der Waals surface area contributed by atoms with Crippen LogP contribution >= 0.6 is 11.6 Å². The van der Waals surface area contributed by atoms with Crippen molar-refractivity contribution in [3.63, 3.8) is 0 Å². The van der Waals surface area contributed by atoms with Crippen LogP contribution < -0.4 is 4.74 Å². The highest BCUT2D eigenvalue weighted by Crippen LogP contribution is 2.26. The fourth-order valence-electron chi connectivity index (χ4n) is 3.51. The number of rotatable bonds is 7. The molecule has 0 N–H and O–H groups in total. The van der Waals surface area contributed by atoms with Gasteiger partial charge in [-0.25, -0.2) is 0 Å². The molecule has 4 aromatic rings. The molecule has 0 spiro atoms. The number of hydrogen-bond acceptors (Lipinski definition) is 5. The SMILES string of the molecule is CN(Cc1nnc(-c2ccc(C(C)(C)C)cc2)o1)C(=O)c1ccc(OCc2ccccc2Cl)cc1. The summed E-state index contributed by atoms with van der Waals surface area (Å²) in [4.78, 5) is 14.4. The first-order chi connectivity index (χ1) is 16.7. The van der Waals surface area contributed by atoms with Crippen LogP contribution in [0.4, 0.5) is 0 Å². The van der Waals surface area contributed by atoms with Crippen molar-refractivity contribution in [2.75, 3.05) is 7.05 Å². The first kappa shape index (κ1) is 24.5. The zero-order valence-electron chi connectivity index (χ0n) is 20.3. The van der Waals surface area contributed by atoms with Crippen molar-refractivity contribution < 1.29 is 13.9 Å². The van der Waals surface area contributed by atoms with Gasteiger partial charge in [0, 0.05) is 28.8 Å². The molecule has 0 unspecified atom stereocenters. The van der Waals surface area contributed by atoms with E-state index in [1.54, 1.807) is 36.2 Å². The summed E-state index contributed by atoms with van der Waals surface area (Å²) < 4.78 is 11.6. The van der Waals surface area contributed by atoms with Crippen LogP contribution in [0.15, 0.2) is 77.2 Å². The molecule has 0 atom stereocenters. The summed E-state index contributed by atoms with van der Waals surface area (Å²) in [6.07, 6.45) is 0. The fraction of sp³-hybridized carbons (Fsp3) is 0.250. The lowest BCUT2D eigenvalue weighted by molar-refractivity contribution is 0.0773. The van der Waals surface area contributed by atoms with Gasteiger partial charge in [-0.2, -0.15) is 0 Å². The Labute approximate surface area is 210 Å². The topological polar surface area (TPSA) is 68.5 Å². The third-order valence-corrected chi connectivity index (χ3v) is 6.01. The maximum atomic E-state index is 12.9.